The van der Waals surface area contributed by atoms with Crippen molar-refractivity contribution in [2.75, 3.05) is 18.9 Å². The van der Waals surface area contributed by atoms with Gasteiger partial charge >= 0.3 is 0 Å². The van der Waals surface area contributed by atoms with Gasteiger partial charge in [0.25, 0.3) is 0 Å². The lowest BCUT2D eigenvalue weighted by molar-refractivity contribution is 0.190. The van der Waals surface area contributed by atoms with Crippen LogP contribution in [-0.4, -0.2) is 30.6 Å². The minimum atomic E-state index is 0.652. The Kier molecular flexibility index (Phi) is 3.79. The van der Waals surface area contributed by atoms with Gasteiger partial charge in [-0.1, -0.05) is 12.1 Å². The van der Waals surface area contributed by atoms with Gasteiger partial charge in [0.05, 0.1) is 0 Å². The van der Waals surface area contributed by atoms with Crippen LogP contribution in [0.5, 0.6) is 0 Å². The summed E-state index contributed by atoms with van der Waals surface area (Å²) in [5.41, 5.74) is 4.59. The molecule has 1 saturated heterocycles. The monoisotopic (exact) mass is 258 g/mol. The van der Waals surface area contributed by atoms with E-state index < -0.39 is 0 Å². The number of anilines is 1. The molecule has 0 radical (unpaired) electrons. The van der Waals surface area contributed by atoms with Gasteiger partial charge in [0, 0.05) is 24.3 Å². The highest BCUT2D eigenvalue weighted by Gasteiger charge is 2.23. The van der Waals surface area contributed by atoms with Crippen molar-refractivity contribution >= 4 is 5.69 Å². The zero-order valence-corrected chi connectivity index (χ0v) is 12.3. The lowest BCUT2D eigenvalue weighted by Gasteiger charge is -2.36. The van der Waals surface area contributed by atoms with E-state index in [1.807, 2.05) is 0 Å². The van der Waals surface area contributed by atoms with Crippen molar-refractivity contribution in [2.45, 2.75) is 57.5 Å². The Morgan fingerprint density at radius 3 is 2.89 bits per heavy atom. The molecule has 2 aliphatic rings. The molecule has 19 heavy (non-hydrogen) atoms. The Balaban J connectivity index is 1.73. The van der Waals surface area contributed by atoms with Gasteiger partial charge in [0.15, 0.2) is 0 Å². The van der Waals surface area contributed by atoms with Gasteiger partial charge in [-0.15, -0.1) is 0 Å². The molecule has 1 aliphatic heterocycles. The summed E-state index contributed by atoms with van der Waals surface area (Å²) in [7, 11) is 2.24. The van der Waals surface area contributed by atoms with Crippen LogP contribution in [0.15, 0.2) is 18.2 Å². The molecule has 0 bridgehead atoms. The molecule has 2 atom stereocenters. The van der Waals surface area contributed by atoms with Crippen LogP contribution in [0.4, 0.5) is 5.69 Å². The van der Waals surface area contributed by atoms with Crippen LogP contribution in [0.2, 0.25) is 0 Å². The number of aryl methyl sites for hydroxylation is 1. The third-order valence-electron chi connectivity index (χ3n) is 4.96. The van der Waals surface area contributed by atoms with Gasteiger partial charge in [-0.25, -0.2) is 0 Å². The number of nitrogens with zero attached hydrogens (tertiary/aromatic N) is 1. The number of nitrogens with one attached hydrogen (secondary N) is 1. The van der Waals surface area contributed by atoms with Crippen LogP contribution in [0.3, 0.4) is 0 Å². The average Bonchev–Trinajstić information content (AvgIpc) is 2.43. The van der Waals surface area contributed by atoms with Crippen molar-refractivity contribution in [1.29, 1.82) is 0 Å². The molecule has 2 heteroatoms. The van der Waals surface area contributed by atoms with Gasteiger partial charge < -0.3 is 10.2 Å². The number of fused-ring (bicyclic) bond motifs is 1. The lowest BCUT2D eigenvalue weighted by atomic mass is 9.89. The summed E-state index contributed by atoms with van der Waals surface area (Å²) >= 11 is 0. The molecule has 2 unspecified atom stereocenters. The van der Waals surface area contributed by atoms with Crippen molar-refractivity contribution in [3.8, 4) is 0 Å². The number of hydrogen-bond donors (Lipinski definition) is 1. The zero-order chi connectivity index (χ0) is 13.2. The number of benzene rings is 1. The van der Waals surface area contributed by atoms with E-state index >= 15 is 0 Å². The fourth-order valence-electron chi connectivity index (χ4n) is 3.56. The molecule has 0 spiro atoms. The van der Waals surface area contributed by atoms with Crippen molar-refractivity contribution < 1.29 is 0 Å². The van der Waals surface area contributed by atoms with E-state index in [0.29, 0.717) is 12.1 Å². The van der Waals surface area contributed by atoms with Crippen LogP contribution in [-0.2, 0) is 12.8 Å². The summed E-state index contributed by atoms with van der Waals surface area (Å²) in [5.74, 6) is 0. The van der Waals surface area contributed by atoms with Gasteiger partial charge in [-0.2, -0.15) is 0 Å². The van der Waals surface area contributed by atoms with Crippen LogP contribution in [0.1, 0.15) is 43.7 Å². The van der Waals surface area contributed by atoms with Crippen LogP contribution < -0.4 is 5.32 Å². The number of hydrogen-bond acceptors (Lipinski definition) is 2. The minimum absolute atomic E-state index is 0.652. The number of rotatable bonds is 2. The van der Waals surface area contributed by atoms with Crippen molar-refractivity contribution in [2.24, 2.45) is 0 Å². The van der Waals surface area contributed by atoms with Gasteiger partial charge in [-0.3, -0.25) is 0 Å². The normalized spacial score (nSPS) is 27.9. The molecule has 104 valence electrons. The highest BCUT2D eigenvalue weighted by Crippen LogP contribution is 2.29. The fourth-order valence-corrected chi connectivity index (χ4v) is 3.56. The summed E-state index contributed by atoms with van der Waals surface area (Å²) in [6, 6.07) is 8.18. The second-order valence-corrected chi connectivity index (χ2v) is 6.35. The van der Waals surface area contributed by atoms with Gasteiger partial charge in [-0.05, 0) is 69.7 Å². The number of likely N-dealkylation sites (tertiary alicyclic amines) is 1. The second-order valence-electron chi connectivity index (χ2n) is 6.35. The Morgan fingerprint density at radius 1 is 1.21 bits per heavy atom. The van der Waals surface area contributed by atoms with Gasteiger partial charge in [0.2, 0.25) is 0 Å². The summed E-state index contributed by atoms with van der Waals surface area (Å²) in [4.78, 5) is 2.47. The van der Waals surface area contributed by atoms with Crippen molar-refractivity contribution in [3.05, 3.63) is 29.3 Å². The first-order valence-electron chi connectivity index (χ1n) is 7.81. The van der Waals surface area contributed by atoms with E-state index in [0.717, 1.165) is 0 Å². The molecule has 1 aromatic rings. The Hall–Kier alpha value is -1.02. The molecule has 1 N–H and O–H groups in total. The molecule has 1 heterocycles. The van der Waals surface area contributed by atoms with E-state index in [1.165, 1.54) is 50.8 Å². The summed E-state index contributed by atoms with van der Waals surface area (Å²) < 4.78 is 0. The van der Waals surface area contributed by atoms with Crippen molar-refractivity contribution in [3.63, 3.8) is 0 Å². The average molecular weight is 258 g/mol. The van der Waals surface area contributed by atoms with Crippen molar-refractivity contribution in [1.82, 2.24) is 4.90 Å². The molecular formula is C17H26N2. The molecule has 0 amide bonds. The number of piperidine rings is 1. The Morgan fingerprint density at radius 2 is 2.05 bits per heavy atom. The Labute approximate surface area is 117 Å². The van der Waals surface area contributed by atoms with E-state index in [-0.39, 0.29) is 0 Å². The van der Waals surface area contributed by atoms with E-state index in [1.54, 1.807) is 11.1 Å². The standard InChI is InChI=1S/C17H26N2/c1-13-12-15(10-11-19(13)2)18-17-9-5-7-14-6-3-4-8-16(14)17/h5,7,9,13,15,18H,3-4,6,8,10-12H2,1-2H3. The van der Waals surface area contributed by atoms with Crippen LogP contribution in [0, 0.1) is 0 Å². The summed E-state index contributed by atoms with van der Waals surface area (Å²) in [5, 5.41) is 3.83. The van der Waals surface area contributed by atoms with E-state index in [4.69, 9.17) is 0 Å². The quantitative estimate of drug-likeness (QED) is 0.874. The fraction of sp³-hybridized carbons (Fsp3) is 0.647. The SMILES string of the molecule is CC1CC(Nc2cccc3c2CCCC3)CCN1C. The molecule has 1 aliphatic carbocycles. The third-order valence-corrected chi connectivity index (χ3v) is 4.96. The second kappa shape index (κ2) is 5.54. The molecular weight excluding hydrogens is 232 g/mol. The van der Waals surface area contributed by atoms with Crippen LogP contribution in [0.25, 0.3) is 0 Å². The van der Waals surface area contributed by atoms with Crippen LogP contribution >= 0.6 is 0 Å². The maximum atomic E-state index is 3.83. The molecule has 3 rings (SSSR count). The predicted molar refractivity (Wildman–Crippen MR) is 81.8 cm³/mol. The molecule has 1 aromatic carbocycles. The minimum Gasteiger partial charge on any atom is -0.382 e. The maximum absolute atomic E-state index is 3.83. The molecule has 1 fully saturated rings. The highest BCUT2D eigenvalue weighted by molar-refractivity contribution is 5.56. The third kappa shape index (κ3) is 2.79. The Bertz CT molecular complexity index is 441. The topological polar surface area (TPSA) is 15.3 Å². The van der Waals surface area contributed by atoms with E-state index in [9.17, 15) is 0 Å². The van der Waals surface area contributed by atoms with E-state index in [2.05, 4.69) is 42.4 Å². The molecule has 0 saturated carbocycles. The highest BCUT2D eigenvalue weighted by atomic mass is 15.1. The summed E-state index contributed by atoms with van der Waals surface area (Å²) in [6.07, 6.45) is 7.79. The first-order chi connectivity index (χ1) is 9.24. The molecule has 2 nitrogen and oxygen atoms in total. The lowest BCUT2D eigenvalue weighted by Crippen LogP contribution is -2.42. The zero-order valence-electron chi connectivity index (χ0n) is 12.3. The first-order valence-corrected chi connectivity index (χ1v) is 7.81. The smallest absolute Gasteiger partial charge is 0.0377 e. The molecule has 0 aromatic heterocycles. The first kappa shape index (κ1) is 13.0. The summed E-state index contributed by atoms with van der Waals surface area (Å²) in [6.45, 7) is 3.56. The maximum Gasteiger partial charge on any atom is 0.0377 e. The van der Waals surface area contributed by atoms with Gasteiger partial charge in [0.1, 0.15) is 0 Å². The largest absolute Gasteiger partial charge is 0.382 e. The predicted octanol–water partition coefficient (Wildman–Crippen LogP) is 3.46.